The first-order chi connectivity index (χ1) is 5.99. The summed E-state index contributed by atoms with van der Waals surface area (Å²) in [4.78, 5) is 2.22. The lowest BCUT2D eigenvalue weighted by molar-refractivity contribution is 0.197. The molecule has 0 bridgehead atoms. The normalized spacial score (nSPS) is 22.9. The third-order valence-electron chi connectivity index (χ3n) is 2.32. The van der Waals surface area contributed by atoms with E-state index < -0.39 is 9.84 Å². The Morgan fingerprint density at radius 2 is 1.92 bits per heavy atom. The zero-order valence-corrected chi connectivity index (χ0v) is 9.10. The first-order valence-electron chi connectivity index (χ1n) is 4.61. The van der Waals surface area contributed by atoms with E-state index in [-0.39, 0.29) is 11.8 Å². The summed E-state index contributed by atoms with van der Waals surface area (Å²) in [5, 5.41) is 3.24. The molecule has 1 unspecified atom stereocenters. The van der Waals surface area contributed by atoms with Crippen LogP contribution >= 0.6 is 0 Å². The molecule has 0 aromatic carbocycles. The third kappa shape index (κ3) is 4.06. The highest BCUT2D eigenvalue weighted by Crippen LogP contribution is 2.03. The Bertz CT molecular complexity index is 245. The minimum Gasteiger partial charge on any atom is -0.314 e. The van der Waals surface area contributed by atoms with Crippen LogP contribution in [0.2, 0.25) is 0 Å². The van der Waals surface area contributed by atoms with Crippen molar-refractivity contribution in [3.63, 3.8) is 0 Å². The van der Waals surface area contributed by atoms with Gasteiger partial charge in [0.25, 0.3) is 0 Å². The van der Waals surface area contributed by atoms with Crippen molar-refractivity contribution in [1.82, 2.24) is 10.2 Å². The fraction of sp³-hybridized carbons (Fsp3) is 1.00. The molecule has 0 aromatic rings. The SMILES string of the molecule is CC(CS(C)(=O)=O)N1CCNCC1. The van der Waals surface area contributed by atoms with Crippen molar-refractivity contribution in [2.75, 3.05) is 38.2 Å². The summed E-state index contributed by atoms with van der Waals surface area (Å²) in [5.74, 6) is 0.271. The van der Waals surface area contributed by atoms with E-state index in [2.05, 4.69) is 10.2 Å². The van der Waals surface area contributed by atoms with Gasteiger partial charge in [-0.3, -0.25) is 4.90 Å². The van der Waals surface area contributed by atoms with Crippen molar-refractivity contribution in [1.29, 1.82) is 0 Å². The summed E-state index contributed by atoms with van der Waals surface area (Å²) in [6, 6.07) is 0.150. The largest absolute Gasteiger partial charge is 0.314 e. The Kier molecular flexibility index (Phi) is 3.70. The zero-order chi connectivity index (χ0) is 9.90. The van der Waals surface area contributed by atoms with Gasteiger partial charge in [-0.2, -0.15) is 0 Å². The second-order valence-corrected chi connectivity index (χ2v) is 5.91. The number of nitrogens with one attached hydrogen (secondary N) is 1. The Morgan fingerprint density at radius 1 is 1.38 bits per heavy atom. The molecule has 13 heavy (non-hydrogen) atoms. The predicted octanol–water partition coefficient (Wildman–Crippen LogP) is -0.675. The molecule has 1 N–H and O–H groups in total. The molecule has 0 spiro atoms. The summed E-state index contributed by atoms with van der Waals surface area (Å²) >= 11 is 0. The summed E-state index contributed by atoms with van der Waals surface area (Å²) in [7, 11) is -2.83. The van der Waals surface area contributed by atoms with Crippen molar-refractivity contribution in [3.05, 3.63) is 0 Å². The van der Waals surface area contributed by atoms with Gasteiger partial charge in [-0.25, -0.2) is 8.42 Å². The average molecular weight is 206 g/mol. The molecule has 1 heterocycles. The molecule has 0 aliphatic carbocycles. The number of nitrogens with zero attached hydrogens (tertiary/aromatic N) is 1. The number of hydrogen-bond acceptors (Lipinski definition) is 4. The zero-order valence-electron chi connectivity index (χ0n) is 8.28. The monoisotopic (exact) mass is 206 g/mol. The fourth-order valence-corrected chi connectivity index (χ4v) is 2.75. The van der Waals surface area contributed by atoms with Gasteiger partial charge >= 0.3 is 0 Å². The molecule has 5 heteroatoms. The lowest BCUT2D eigenvalue weighted by Crippen LogP contribution is -2.49. The van der Waals surface area contributed by atoms with Crippen LogP contribution in [0.15, 0.2) is 0 Å². The van der Waals surface area contributed by atoms with Crippen LogP contribution in [-0.4, -0.2) is 57.5 Å². The minimum atomic E-state index is -2.83. The van der Waals surface area contributed by atoms with Gasteiger partial charge in [0.15, 0.2) is 0 Å². The summed E-state index contributed by atoms with van der Waals surface area (Å²) in [6.07, 6.45) is 1.30. The van der Waals surface area contributed by atoms with Crippen LogP contribution in [0.25, 0.3) is 0 Å². The molecule has 0 radical (unpaired) electrons. The second-order valence-electron chi connectivity index (χ2n) is 3.73. The van der Waals surface area contributed by atoms with Crippen molar-refractivity contribution < 1.29 is 8.42 Å². The fourth-order valence-electron chi connectivity index (χ4n) is 1.67. The number of sulfone groups is 1. The lowest BCUT2D eigenvalue weighted by Gasteiger charge is -2.32. The van der Waals surface area contributed by atoms with Crippen LogP contribution in [0.5, 0.6) is 0 Å². The molecule has 0 amide bonds. The van der Waals surface area contributed by atoms with Gasteiger partial charge in [-0.05, 0) is 6.92 Å². The summed E-state index contributed by atoms with van der Waals surface area (Å²) in [5.41, 5.74) is 0. The van der Waals surface area contributed by atoms with E-state index in [4.69, 9.17) is 0 Å². The van der Waals surface area contributed by atoms with Gasteiger partial charge in [0.05, 0.1) is 5.75 Å². The Morgan fingerprint density at radius 3 is 2.38 bits per heavy atom. The minimum absolute atomic E-state index is 0.150. The van der Waals surface area contributed by atoms with E-state index in [1.165, 1.54) is 6.26 Å². The van der Waals surface area contributed by atoms with E-state index in [0.717, 1.165) is 26.2 Å². The van der Waals surface area contributed by atoms with Gasteiger partial charge < -0.3 is 5.32 Å². The summed E-state index contributed by atoms with van der Waals surface area (Å²) < 4.78 is 22.1. The molecule has 78 valence electrons. The number of rotatable bonds is 3. The predicted molar refractivity (Wildman–Crippen MR) is 53.6 cm³/mol. The average Bonchev–Trinajstić information content (AvgIpc) is 2.03. The van der Waals surface area contributed by atoms with Gasteiger partial charge in [-0.1, -0.05) is 0 Å². The highest BCUT2D eigenvalue weighted by molar-refractivity contribution is 7.90. The maximum Gasteiger partial charge on any atom is 0.148 e. The van der Waals surface area contributed by atoms with E-state index in [1.807, 2.05) is 6.92 Å². The third-order valence-corrected chi connectivity index (χ3v) is 3.41. The van der Waals surface area contributed by atoms with Crippen molar-refractivity contribution in [2.45, 2.75) is 13.0 Å². The maximum absolute atomic E-state index is 11.0. The van der Waals surface area contributed by atoms with E-state index in [0.29, 0.717) is 0 Å². The second kappa shape index (κ2) is 4.39. The lowest BCUT2D eigenvalue weighted by atomic mass is 10.3. The van der Waals surface area contributed by atoms with Gasteiger partial charge in [0.1, 0.15) is 9.84 Å². The number of hydrogen-bond donors (Lipinski definition) is 1. The topological polar surface area (TPSA) is 49.4 Å². The first kappa shape index (κ1) is 10.9. The smallest absolute Gasteiger partial charge is 0.148 e. The van der Waals surface area contributed by atoms with Crippen molar-refractivity contribution >= 4 is 9.84 Å². The van der Waals surface area contributed by atoms with Crippen LogP contribution in [0.1, 0.15) is 6.92 Å². The number of piperazine rings is 1. The van der Waals surface area contributed by atoms with Crippen molar-refractivity contribution in [3.8, 4) is 0 Å². The van der Waals surface area contributed by atoms with Crippen LogP contribution in [0.3, 0.4) is 0 Å². The Hall–Kier alpha value is -0.130. The molecule has 1 fully saturated rings. The highest BCUT2D eigenvalue weighted by atomic mass is 32.2. The maximum atomic E-state index is 11.0. The molecule has 1 rings (SSSR count). The Labute approximate surface area is 80.2 Å². The first-order valence-corrected chi connectivity index (χ1v) is 6.67. The molecule has 4 nitrogen and oxygen atoms in total. The molecule has 1 atom stereocenters. The highest BCUT2D eigenvalue weighted by Gasteiger charge is 2.19. The van der Waals surface area contributed by atoms with E-state index in [1.54, 1.807) is 0 Å². The molecule has 1 aliphatic heterocycles. The van der Waals surface area contributed by atoms with Crippen LogP contribution in [0.4, 0.5) is 0 Å². The van der Waals surface area contributed by atoms with Gasteiger partial charge in [0, 0.05) is 38.5 Å². The van der Waals surface area contributed by atoms with E-state index >= 15 is 0 Å². The van der Waals surface area contributed by atoms with Gasteiger partial charge in [0.2, 0.25) is 0 Å². The van der Waals surface area contributed by atoms with Gasteiger partial charge in [-0.15, -0.1) is 0 Å². The molecular weight excluding hydrogens is 188 g/mol. The molecular formula is C8H18N2O2S. The van der Waals surface area contributed by atoms with Crippen LogP contribution in [-0.2, 0) is 9.84 Å². The van der Waals surface area contributed by atoms with Crippen LogP contribution in [0, 0.1) is 0 Å². The molecule has 1 saturated heterocycles. The standard InChI is InChI=1S/C8H18N2O2S/c1-8(7-13(2,11)12)10-5-3-9-4-6-10/h8-9H,3-7H2,1-2H3. The molecule has 0 saturated carbocycles. The van der Waals surface area contributed by atoms with E-state index in [9.17, 15) is 8.42 Å². The van der Waals surface area contributed by atoms with Crippen LogP contribution < -0.4 is 5.32 Å². The molecule has 1 aliphatic rings. The summed E-state index contributed by atoms with van der Waals surface area (Å²) in [6.45, 7) is 5.82. The van der Waals surface area contributed by atoms with Crippen molar-refractivity contribution in [2.24, 2.45) is 0 Å². The Balaban J connectivity index is 2.42. The quantitative estimate of drug-likeness (QED) is 0.665. The molecule has 0 aromatic heterocycles.